The fraction of sp³-hybridized carbons (Fsp3) is 0.167. The highest BCUT2D eigenvalue weighted by molar-refractivity contribution is 7.15. The van der Waals surface area contributed by atoms with Gasteiger partial charge in [-0.25, -0.2) is 8.91 Å². The number of halogens is 1. The Balaban J connectivity index is 2.08. The molecule has 1 aromatic carbocycles. The van der Waals surface area contributed by atoms with Crippen molar-refractivity contribution in [1.82, 2.24) is 14.6 Å². The maximum atomic E-state index is 13.2. The van der Waals surface area contributed by atoms with Gasteiger partial charge < -0.3 is 5.73 Å². The first kappa shape index (κ1) is 11.3. The van der Waals surface area contributed by atoms with E-state index in [1.807, 2.05) is 5.38 Å². The molecule has 2 aromatic heterocycles. The lowest BCUT2D eigenvalue weighted by Gasteiger charge is -1.95. The van der Waals surface area contributed by atoms with Crippen molar-refractivity contribution < 1.29 is 4.39 Å². The van der Waals surface area contributed by atoms with E-state index < -0.39 is 0 Å². The second kappa shape index (κ2) is 4.47. The topological polar surface area (TPSA) is 56.2 Å². The molecule has 0 aliphatic carbocycles. The lowest BCUT2D eigenvalue weighted by Crippen LogP contribution is -2.05. The average molecular weight is 262 g/mol. The average Bonchev–Trinajstić information content (AvgIpc) is 2.92. The van der Waals surface area contributed by atoms with Gasteiger partial charge in [0.05, 0.1) is 5.69 Å². The number of aromatic nitrogens is 3. The Kier molecular flexibility index (Phi) is 2.81. The van der Waals surface area contributed by atoms with Crippen LogP contribution < -0.4 is 5.73 Å². The Morgan fingerprint density at radius 2 is 2.28 bits per heavy atom. The zero-order chi connectivity index (χ0) is 12.5. The van der Waals surface area contributed by atoms with Crippen LogP contribution in [0.25, 0.3) is 16.3 Å². The van der Waals surface area contributed by atoms with Crippen LogP contribution >= 0.6 is 11.3 Å². The fourth-order valence-corrected chi connectivity index (χ4v) is 2.65. The Morgan fingerprint density at radius 1 is 1.39 bits per heavy atom. The third-order valence-corrected chi connectivity index (χ3v) is 3.50. The number of thiazole rings is 1. The van der Waals surface area contributed by atoms with E-state index in [1.54, 1.807) is 16.6 Å². The first-order valence-electron chi connectivity index (χ1n) is 5.57. The van der Waals surface area contributed by atoms with Gasteiger partial charge >= 0.3 is 0 Å². The van der Waals surface area contributed by atoms with E-state index in [-0.39, 0.29) is 5.82 Å². The summed E-state index contributed by atoms with van der Waals surface area (Å²) in [5.74, 6) is 0.257. The summed E-state index contributed by atoms with van der Waals surface area (Å²) in [6, 6.07) is 6.29. The van der Waals surface area contributed by atoms with Crippen molar-refractivity contribution in [3.63, 3.8) is 0 Å². The molecule has 3 aromatic rings. The molecule has 0 unspecified atom stereocenters. The first-order chi connectivity index (χ1) is 8.78. The second-order valence-corrected chi connectivity index (χ2v) is 4.74. The molecule has 0 bridgehead atoms. The molecule has 92 valence electrons. The van der Waals surface area contributed by atoms with Crippen molar-refractivity contribution in [2.45, 2.75) is 6.42 Å². The first-order valence-corrected chi connectivity index (χ1v) is 6.45. The molecule has 0 aliphatic rings. The Bertz CT molecular complexity index is 688. The third-order valence-electron chi connectivity index (χ3n) is 2.63. The predicted molar refractivity (Wildman–Crippen MR) is 69.0 cm³/mol. The number of hydrogen-bond acceptors (Lipinski definition) is 4. The minimum Gasteiger partial charge on any atom is -0.330 e. The van der Waals surface area contributed by atoms with Gasteiger partial charge in [-0.1, -0.05) is 12.1 Å². The molecule has 0 fully saturated rings. The van der Waals surface area contributed by atoms with E-state index in [2.05, 4.69) is 10.1 Å². The van der Waals surface area contributed by atoms with Gasteiger partial charge in [0.2, 0.25) is 4.96 Å². The predicted octanol–water partition coefficient (Wildman–Crippen LogP) is 2.10. The quantitative estimate of drug-likeness (QED) is 0.786. The number of nitrogens with two attached hydrogens (primary N) is 1. The monoisotopic (exact) mass is 262 g/mol. The summed E-state index contributed by atoms with van der Waals surface area (Å²) in [5, 5.41) is 6.39. The maximum Gasteiger partial charge on any atom is 0.212 e. The van der Waals surface area contributed by atoms with Gasteiger partial charge in [-0.3, -0.25) is 0 Å². The molecule has 0 saturated carbocycles. The Labute approximate surface area is 107 Å². The van der Waals surface area contributed by atoms with Crippen molar-refractivity contribution in [2.24, 2.45) is 5.73 Å². The van der Waals surface area contributed by atoms with E-state index in [1.165, 1.54) is 23.5 Å². The fourth-order valence-electron chi connectivity index (χ4n) is 1.79. The summed E-state index contributed by atoms with van der Waals surface area (Å²) in [6.07, 6.45) is 0.756. The number of benzene rings is 1. The van der Waals surface area contributed by atoms with Crippen LogP contribution in [0, 0.1) is 5.82 Å². The molecular weight excluding hydrogens is 251 g/mol. The molecule has 18 heavy (non-hydrogen) atoms. The van der Waals surface area contributed by atoms with Crippen LogP contribution in [-0.2, 0) is 6.42 Å². The van der Waals surface area contributed by atoms with Gasteiger partial charge in [-0.2, -0.15) is 4.98 Å². The van der Waals surface area contributed by atoms with Crippen molar-refractivity contribution in [3.8, 4) is 11.4 Å². The van der Waals surface area contributed by atoms with Gasteiger partial charge in [0.1, 0.15) is 5.82 Å². The molecule has 0 spiro atoms. The van der Waals surface area contributed by atoms with Crippen molar-refractivity contribution >= 4 is 16.3 Å². The molecule has 3 rings (SSSR count). The zero-order valence-electron chi connectivity index (χ0n) is 9.51. The normalized spacial score (nSPS) is 11.2. The Morgan fingerprint density at radius 3 is 3.06 bits per heavy atom. The van der Waals surface area contributed by atoms with Gasteiger partial charge in [0.25, 0.3) is 0 Å². The largest absolute Gasteiger partial charge is 0.330 e. The Hall–Kier alpha value is -1.79. The third kappa shape index (κ3) is 1.89. The molecule has 2 heterocycles. The molecule has 0 atom stereocenters. The van der Waals surface area contributed by atoms with E-state index in [0.717, 1.165) is 17.1 Å². The van der Waals surface area contributed by atoms with Gasteiger partial charge in [0, 0.05) is 17.4 Å². The van der Waals surface area contributed by atoms with E-state index >= 15 is 0 Å². The van der Waals surface area contributed by atoms with Crippen molar-refractivity contribution in [2.75, 3.05) is 6.54 Å². The molecule has 2 N–H and O–H groups in total. The highest BCUT2D eigenvalue weighted by Gasteiger charge is 2.11. The van der Waals surface area contributed by atoms with Crippen LogP contribution in [0.2, 0.25) is 0 Å². The second-order valence-electron chi connectivity index (χ2n) is 3.91. The van der Waals surface area contributed by atoms with Crippen LogP contribution in [0.1, 0.15) is 5.69 Å². The number of hydrogen-bond donors (Lipinski definition) is 1. The van der Waals surface area contributed by atoms with Crippen LogP contribution in [-0.4, -0.2) is 21.1 Å². The van der Waals surface area contributed by atoms with E-state index in [0.29, 0.717) is 17.9 Å². The minimum absolute atomic E-state index is 0.284. The van der Waals surface area contributed by atoms with Crippen LogP contribution in [0.4, 0.5) is 4.39 Å². The standard InChI is InChI=1S/C12H11FN4S/c13-9-3-1-2-8(6-9)11-15-12-17(16-11)10(4-5-14)7-18-12/h1-3,6-7H,4-5,14H2. The van der Waals surface area contributed by atoms with E-state index in [4.69, 9.17) is 5.73 Å². The highest BCUT2D eigenvalue weighted by Crippen LogP contribution is 2.21. The lowest BCUT2D eigenvalue weighted by molar-refractivity contribution is 0.628. The smallest absolute Gasteiger partial charge is 0.212 e. The molecule has 0 aliphatic heterocycles. The maximum absolute atomic E-state index is 13.2. The number of nitrogens with zero attached hydrogens (tertiary/aromatic N) is 3. The van der Waals surface area contributed by atoms with E-state index in [9.17, 15) is 4.39 Å². The van der Waals surface area contributed by atoms with Crippen LogP contribution in [0.3, 0.4) is 0 Å². The summed E-state index contributed by atoms with van der Waals surface area (Å²) in [7, 11) is 0. The van der Waals surface area contributed by atoms with Crippen LogP contribution in [0.5, 0.6) is 0 Å². The summed E-state index contributed by atoms with van der Waals surface area (Å²) >= 11 is 1.51. The summed E-state index contributed by atoms with van der Waals surface area (Å²) in [5.41, 5.74) is 7.26. The molecular formula is C12H11FN4S. The summed E-state index contributed by atoms with van der Waals surface area (Å²) in [4.78, 5) is 5.19. The highest BCUT2D eigenvalue weighted by atomic mass is 32.1. The molecule has 0 radical (unpaired) electrons. The summed E-state index contributed by atoms with van der Waals surface area (Å²) < 4.78 is 14.9. The van der Waals surface area contributed by atoms with Gasteiger partial charge in [0.15, 0.2) is 5.82 Å². The number of fused-ring (bicyclic) bond motifs is 1. The van der Waals surface area contributed by atoms with Crippen molar-refractivity contribution in [1.29, 1.82) is 0 Å². The molecule has 0 saturated heterocycles. The molecule has 0 amide bonds. The lowest BCUT2D eigenvalue weighted by atomic mass is 10.2. The molecule has 6 heteroatoms. The van der Waals surface area contributed by atoms with Gasteiger partial charge in [-0.15, -0.1) is 16.4 Å². The van der Waals surface area contributed by atoms with Gasteiger partial charge in [-0.05, 0) is 18.7 Å². The van der Waals surface area contributed by atoms with Crippen LogP contribution in [0.15, 0.2) is 29.6 Å². The SMILES string of the molecule is NCCc1csc2nc(-c3cccc(F)c3)nn12. The van der Waals surface area contributed by atoms with Crippen molar-refractivity contribution in [3.05, 3.63) is 41.2 Å². The molecule has 4 nitrogen and oxygen atoms in total. The number of rotatable bonds is 3. The summed E-state index contributed by atoms with van der Waals surface area (Å²) in [6.45, 7) is 0.570. The zero-order valence-corrected chi connectivity index (χ0v) is 10.3. The minimum atomic E-state index is -0.284.